The lowest BCUT2D eigenvalue weighted by atomic mass is 9.86. The van der Waals surface area contributed by atoms with Gasteiger partial charge in [-0.3, -0.25) is 0 Å². The number of hydrogen-bond donors (Lipinski definition) is 1. The normalized spacial score (nSPS) is 18.5. The molecule has 1 saturated heterocycles. The second-order valence-electron chi connectivity index (χ2n) is 5.81. The van der Waals surface area contributed by atoms with E-state index >= 15 is 0 Å². The fourth-order valence-electron chi connectivity index (χ4n) is 2.82. The van der Waals surface area contributed by atoms with Gasteiger partial charge < -0.3 is 15.0 Å². The number of anilines is 1. The van der Waals surface area contributed by atoms with Gasteiger partial charge in [-0.1, -0.05) is 23.7 Å². The van der Waals surface area contributed by atoms with Crippen LogP contribution in [-0.2, 0) is 9.53 Å². The van der Waals surface area contributed by atoms with Gasteiger partial charge in [-0.15, -0.1) is 0 Å². The van der Waals surface area contributed by atoms with Crippen LogP contribution in [0.15, 0.2) is 24.3 Å². The molecule has 0 radical (unpaired) electrons. The molecule has 0 spiro atoms. The molecule has 1 aliphatic heterocycles. The van der Waals surface area contributed by atoms with Crippen molar-refractivity contribution in [2.45, 2.75) is 38.3 Å². The van der Waals surface area contributed by atoms with Gasteiger partial charge in [0.25, 0.3) is 0 Å². The molecule has 0 amide bonds. The van der Waals surface area contributed by atoms with Crippen LogP contribution in [-0.4, -0.2) is 42.6 Å². The Balaban J connectivity index is 2.20. The number of halogens is 1. The number of carbonyl (C=O) groups excluding carboxylic acids is 1. The number of esters is 1. The molecule has 4 nitrogen and oxygen atoms in total. The van der Waals surface area contributed by atoms with E-state index in [0.717, 1.165) is 18.8 Å². The van der Waals surface area contributed by atoms with Gasteiger partial charge in [-0.05, 0) is 38.8 Å². The predicted molar refractivity (Wildman–Crippen MR) is 85.8 cm³/mol. The van der Waals surface area contributed by atoms with Crippen molar-refractivity contribution in [1.82, 2.24) is 4.90 Å². The second kappa shape index (κ2) is 6.67. The SMILES string of the molecule is COC(=O)C1(Nc2ccccc2Cl)CCN(C(C)C)CC1. The highest BCUT2D eigenvalue weighted by Crippen LogP contribution is 2.32. The van der Waals surface area contributed by atoms with Gasteiger partial charge >= 0.3 is 5.97 Å². The molecule has 1 fully saturated rings. The maximum absolute atomic E-state index is 12.3. The zero-order chi connectivity index (χ0) is 15.5. The molecular formula is C16H23ClN2O2. The molecule has 0 unspecified atom stereocenters. The molecule has 1 heterocycles. The molecule has 0 aliphatic carbocycles. The molecule has 5 heteroatoms. The summed E-state index contributed by atoms with van der Waals surface area (Å²) in [4.78, 5) is 14.7. The quantitative estimate of drug-likeness (QED) is 0.867. The lowest BCUT2D eigenvalue weighted by Crippen LogP contribution is -2.56. The van der Waals surface area contributed by atoms with E-state index < -0.39 is 5.54 Å². The van der Waals surface area contributed by atoms with Gasteiger partial charge in [0.2, 0.25) is 0 Å². The monoisotopic (exact) mass is 310 g/mol. The predicted octanol–water partition coefficient (Wildman–Crippen LogP) is 3.17. The van der Waals surface area contributed by atoms with Crippen molar-refractivity contribution in [3.63, 3.8) is 0 Å². The number of methoxy groups -OCH3 is 1. The summed E-state index contributed by atoms with van der Waals surface area (Å²) in [6, 6.07) is 7.98. The Morgan fingerprint density at radius 2 is 1.95 bits per heavy atom. The fourth-order valence-corrected chi connectivity index (χ4v) is 3.00. The summed E-state index contributed by atoms with van der Waals surface area (Å²) >= 11 is 6.21. The van der Waals surface area contributed by atoms with E-state index in [9.17, 15) is 4.79 Å². The average Bonchev–Trinajstić information content (AvgIpc) is 2.49. The van der Waals surface area contributed by atoms with E-state index in [1.54, 1.807) is 0 Å². The molecule has 0 atom stereocenters. The number of benzene rings is 1. The summed E-state index contributed by atoms with van der Waals surface area (Å²) in [5, 5.41) is 3.96. The number of para-hydroxylation sites is 1. The Bertz CT molecular complexity index is 497. The number of likely N-dealkylation sites (tertiary alicyclic amines) is 1. The summed E-state index contributed by atoms with van der Waals surface area (Å²) in [6.07, 6.45) is 1.42. The first-order chi connectivity index (χ1) is 9.98. The van der Waals surface area contributed by atoms with E-state index in [0.29, 0.717) is 23.9 Å². The first kappa shape index (κ1) is 16.1. The summed E-state index contributed by atoms with van der Waals surface area (Å²) in [5.74, 6) is -0.217. The topological polar surface area (TPSA) is 41.6 Å². The van der Waals surface area contributed by atoms with Crippen molar-refractivity contribution in [3.8, 4) is 0 Å². The number of ether oxygens (including phenoxy) is 1. The number of nitrogens with zero attached hydrogens (tertiary/aromatic N) is 1. The van der Waals surface area contributed by atoms with Crippen LogP contribution < -0.4 is 5.32 Å². The smallest absolute Gasteiger partial charge is 0.331 e. The lowest BCUT2D eigenvalue weighted by Gasteiger charge is -2.42. The van der Waals surface area contributed by atoms with Crippen molar-refractivity contribution in [3.05, 3.63) is 29.3 Å². The second-order valence-corrected chi connectivity index (χ2v) is 6.22. The number of rotatable bonds is 4. The van der Waals surface area contributed by atoms with Crippen LogP contribution in [0.5, 0.6) is 0 Å². The van der Waals surface area contributed by atoms with Crippen LogP contribution in [0.2, 0.25) is 5.02 Å². The van der Waals surface area contributed by atoms with Crippen LogP contribution in [0, 0.1) is 0 Å². The minimum Gasteiger partial charge on any atom is -0.467 e. The number of hydrogen-bond acceptors (Lipinski definition) is 4. The first-order valence-electron chi connectivity index (χ1n) is 7.34. The van der Waals surface area contributed by atoms with Crippen LogP contribution >= 0.6 is 11.6 Å². The van der Waals surface area contributed by atoms with Crippen molar-refractivity contribution < 1.29 is 9.53 Å². The third-order valence-electron chi connectivity index (χ3n) is 4.21. The van der Waals surface area contributed by atoms with Crippen LogP contribution in [0.3, 0.4) is 0 Å². The van der Waals surface area contributed by atoms with E-state index in [4.69, 9.17) is 16.3 Å². The molecule has 2 rings (SSSR count). The standard InChI is InChI=1S/C16H23ClN2O2/c1-12(2)19-10-8-16(9-11-19,15(20)21-3)18-14-7-5-4-6-13(14)17/h4-7,12,18H,8-11H2,1-3H3. The molecule has 1 aromatic carbocycles. The van der Waals surface area contributed by atoms with Crippen LogP contribution in [0.1, 0.15) is 26.7 Å². The third kappa shape index (κ3) is 3.50. The Hall–Kier alpha value is -1.26. The highest BCUT2D eigenvalue weighted by atomic mass is 35.5. The van der Waals surface area contributed by atoms with Crippen LogP contribution in [0.4, 0.5) is 5.69 Å². The zero-order valence-corrected chi connectivity index (χ0v) is 13.6. The average molecular weight is 311 g/mol. The Morgan fingerprint density at radius 1 is 1.33 bits per heavy atom. The van der Waals surface area contributed by atoms with Crippen molar-refractivity contribution in [2.24, 2.45) is 0 Å². The Morgan fingerprint density at radius 3 is 2.48 bits per heavy atom. The van der Waals surface area contributed by atoms with Crippen molar-refractivity contribution in [1.29, 1.82) is 0 Å². The summed E-state index contributed by atoms with van der Waals surface area (Å²) < 4.78 is 5.04. The molecule has 1 aliphatic rings. The van der Waals surface area contributed by atoms with Gasteiger partial charge in [0, 0.05) is 19.1 Å². The maximum Gasteiger partial charge on any atom is 0.331 e. The van der Waals surface area contributed by atoms with Gasteiger partial charge in [-0.25, -0.2) is 4.79 Å². The third-order valence-corrected chi connectivity index (χ3v) is 4.54. The minimum absolute atomic E-state index is 0.217. The Kier molecular flexibility index (Phi) is 5.12. The molecule has 1 aromatic rings. The van der Waals surface area contributed by atoms with E-state index in [-0.39, 0.29) is 5.97 Å². The molecular weight excluding hydrogens is 288 g/mol. The first-order valence-corrected chi connectivity index (χ1v) is 7.71. The van der Waals surface area contributed by atoms with E-state index in [2.05, 4.69) is 24.1 Å². The lowest BCUT2D eigenvalue weighted by molar-refractivity contribution is -0.148. The van der Waals surface area contributed by atoms with E-state index in [1.807, 2.05) is 24.3 Å². The van der Waals surface area contributed by atoms with Crippen LogP contribution in [0.25, 0.3) is 0 Å². The molecule has 116 valence electrons. The van der Waals surface area contributed by atoms with Crippen molar-refractivity contribution >= 4 is 23.3 Å². The van der Waals surface area contributed by atoms with Crippen molar-refractivity contribution in [2.75, 3.05) is 25.5 Å². The maximum atomic E-state index is 12.3. The number of piperidine rings is 1. The van der Waals surface area contributed by atoms with Gasteiger partial charge in [0.1, 0.15) is 5.54 Å². The largest absolute Gasteiger partial charge is 0.467 e. The summed E-state index contributed by atoms with van der Waals surface area (Å²) in [6.45, 7) is 6.08. The zero-order valence-electron chi connectivity index (χ0n) is 12.9. The van der Waals surface area contributed by atoms with Gasteiger partial charge in [-0.2, -0.15) is 0 Å². The molecule has 21 heavy (non-hydrogen) atoms. The van der Waals surface area contributed by atoms with Gasteiger partial charge in [0.05, 0.1) is 17.8 Å². The molecule has 1 N–H and O–H groups in total. The minimum atomic E-state index is -0.689. The molecule has 0 bridgehead atoms. The highest BCUT2D eigenvalue weighted by molar-refractivity contribution is 6.33. The summed E-state index contributed by atoms with van der Waals surface area (Å²) in [5.41, 5.74) is 0.0908. The highest BCUT2D eigenvalue weighted by Gasteiger charge is 2.43. The molecule has 0 aromatic heterocycles. The van der Waals surface area contributed by atoms with Gasteiger partial charge in [0.15, 0.2) is 0 Å². The Labute approximate surface area is 131 Å². The molecule has 0 saturated carbocycles. The summed E-state index contributed by atoms with van der Waals surface area (Å²) in [7, 11) is 1.44. The van der Waals surface area contributed by atoms with E-state index in [1.165, 1.54) is 7.11 Å². The number of nitrogens with one attached hydrogen (secondary N) is 1. The number of carbonyl (C=O) groups is 1. The fraction of sp³-hybridized carbons (Fsp3) is 0.562.